The Labute approximate surface area is 89.1 Å². The molecule has 0 spiro atoms. The van der Waals surface area contributed by atoms with Crippen molar-refractivity contribution in [3.8, 4) is 0 Å². The summed E-state index contributed by atoms with van der Waals surface area (Å²) in [5.74, 6) is 0.663. The third-order valence-electron chi connectivity index (χ3n) is 1.92. The van der Waals surface area contributed by atoms with Gasteiger partial charge in [0.25, 0.3) is 0 Å². The molecular weight excluding hydrogens is 200 g/mol. The number of hydrogen-bond donors (Lipinski definition) is 2. The molecule has 4 heteroatoms. The van der Waals surface area contributed by atoms with Gasteiger partial charge < -0.3 is 10.4 Å². The van der Waals surface area contributed by atoms with Crippen LogP contribution in [-0.4, -0.2) is 23.2 Å². The van der Waals surface area contributed by atoms with Crippen molar-refractivity contribution in [2.45, 2.75) is 13.8 Å². The summed E-state index contributed by atoms with van der Waals surface area (Å²) in [7, 11) is 0. The molecule has 0 unspecified atom stereocenters. The van der Waals surface area contributed by atoms with Crippen LogP contribution in [-0.2, 0) is 0 Å². The van der Waals surface area contributed by atoms with Crippen molar-refractivity contribution in [2.24, 2.45) is 5.41 Å². The van der Waals surface area contributed by atoms with E-state index in [-0.39, 0.29) is 12.0 Å². The molecular formula is C10H15ClN2O. The Kier molecular flexibility index (Phi) is 3.72. The zero-order valence-electron chi connectivity index (χ0n) is 8.42. The quantitative estimate of drug-likeness (QED) is 0.808. The van der Waals surface area contributed by atoms with Gasteiger partial charge in [0.05, 0.1) is 5.02 Å². The van der Waals surface area contributed by atoms with Gasteiger partial charge in [-0.3, -0.25) is 0 Å². The first kappa shape index (κ1) is 11.3. The lowest BCUT2D eigenvalue weighted by molar-refractivity contribution is 0.170. The zero-order chi connectivity index (χ0) is 10.6. The molecule has 0 atom stereocenters. The van der Waals surface area contributed by atoms with Crippen molar-refractivity contribution in [1.29, 1.82) is 0 Å². The van der Waals surface area contributed by atoms with Gasteiger partial charge in [-0.05, 0) is 12.1 Å². The largest absolute Gasteiger partial charge is 0.396 e. The maximum atomic E-state index is 9.05. The molecule has 3 nitrogen and oxygen atoms in total. The highest BCUT2D eigenvalue weighted by atomic mass is 35.5. The highest BCUT2D eigenvalue weighted by molar-refractivity contribution is 6.32. The smallest absolute Gasteiger partial charge is 0.144 e. The third-order valence-corrected chi connectivity index (χ3v) is 2.23. The van der Waals surface area contributed by atoms with Gasteiger partial charge in [-0.25, -0.2) is 4.98 Å². The van der Waals surface area contributed by atoms with E-state index < -0.39 is 0 Å². The van der Waals surface area contributed by atoms with Gasteiger partial charge in [0.2, 0.25) is 0 Å². The minimum atomic E-state index is -0.166. The van der Waals surface area contributed by atoms with Crippen LogP contribution in [0.4, 0.5) is 5.82 Å². The SMILES string of the molecule is CC(C)(CO)CNc1ncccc1Cl. The Hall–Kier alpha value is -0.800. The number of aromatic nitrogens is 1. The number of anilines is 1. The van der Waals surface area contributed by atoms with Crippen LogP contribution < -0.4 is 5.32 Å². The number of rotatable bonds is 4. The van der Waals surface area contributed by atoms with Crippen molar-refractivity contribution >= 4 is 17.4 Å². The first-order chi connectivity index (χ1) is 6.55. The molecule has 0 bridgehead atoms. The summed E-state index contributed by atoms with van der Waals surface area (Å²) in [4.78, 5) is 4.09. The highest BCUT2D eigenvalue weighted by Crippen LogP contribution is 2.20. The van der Waals surface area contributed by atoms with Crippen LogP contribution in [0.1, 0.15) is 13.8 Å². The number of nitrogens with one attached hydrogen (secondary N) is 1. The Morgan fingerprint density at radius 2 is 2.29 bits per heavy atom. The normalized spacial score (nSPS) is 11.4. The third kappa shape index (κ3) is 3.16. The Morgan fingerprint density at radius 3 is 2.86 bits per heavy atom. The summed E-state index contributed by atoms with van der Waals surface area (Å²) in [5, 5.41) is 12.7. The molecule has 0 aromatic carbocycles. The molecule has 0 amide bonds. The molecule has 0 saturated heterocycles. The van der Waals surface area contributed by atoms with Crippen LogP contribution in [0.25, 0.3) is 0 Å². The number of aliphatic hydroxyl groups excluding tert-OH is 1. The average Bonchev–Trinajstić information content (AvgIpc) is 2.17. The van der Waals surface area contributed by atoms with Crippen molar-refractivity contribution in [3.63, 3.8) is 0 Å². The summed E-state index contributed by atoms with van der Waals surface area (Å²) < 4.78 is 0. The van der Waals surface area contributed by atoms with Crippen LogP contribution in [0.3, 0.4) is 0 Å². The fourth-order valence-electron chi connectivity index (χ4n) is 0.895. The fraction of sp³-hybridized carbons (Fsp3) is 0.500. The zero-order valence-corrected chi connectivity index (χ0v) is 9.17. The monoisotopic (exact) mass is 214 g/mol. The van der Waals surface area contributed by atoms with Gasteiger partial charge in [-0.1, -0.05) is 25.4 Å². The lowest BCUT2D eigenvalue weighted by atomic mass is 9.95. The maximum absolute atomic E-state index is 9.05. The van der Waals surface area contributed by atoms with Gasteiger partial charge in [0.1, 0.15) is 5.82 Å². The molecule has 0 saturated carbocycles. The van der Waals surface area contributed by atoms with Gasteiger partial charge in [0.15, 0.2) is 0 Å². The average molecular weight is 215 g/mol. The van der Waals surface area contributed by atoms with Crippen molar-refractivity contribution in [3.05, 3.63) is 23.4 Å². The maximum Gasteiger partial charge on any atom is 0.144 e. The minimum Gasteiger partial charge on any atom is -0.396 e. The second-order valence-corrected chi connectivity index (χ2v) is 4.42. The molecule has 0 aliphatic heterocycles. The molecule has 1 heterocycles. The molecule has 1 aromatic rings. The summed E-state index contributed by atoms with van der Waals surface area (Å²) in [5.41, 5.74) is -0.166. The van der Waals surface area contributed by atoms with E-state index in [1.807, 2.05) is 13.8 Å². The molecule has 1 rings (SSSR count). The van der Waals surface area contributed by atoms with E-state index in [2.05, 4.69) is 10.3 Å². The van der Waals surface area contributed by atoms with E-state index in [9.17, 15) is 0 Å². The van der Waals surface area contributed by atoms with E-state index in [1.165, 1.54) is 0 Å². The van der Waals surface area contributed by atoms with E-state index >= 15 is 0 Å². The van der Waals surface area contributed by atoms with Gasteiger partial charge >= 0.3 is 0 Å². The fourth-order valence-corrected chi connectivity index (χ4v) is 1.08. The molecule has 2 N–H and O–H groups in total. The molecule has 78 valence electrons. The van der Waals surface area contributed by atoms with Crippen LogP contribution in [0.15, 0.2) is 18.3 Å². The van der Waals surface area contributed by atoms with Gasteiger partial charge in [0, 0.05) is 24.8 Å². The van der Waals surface area contributed by atoms with Gasteiger partial charge in [-0.15, -0.1) is 0 Å². The lowest BCUT2D eigenvalue weighted by Crippen LogP contribution is -2.27. The van der Waals surface area contributed by atoms with Crippen LogP contribution in [0, 0.1) is 5.41 Å². The van der Waals surface area contributed by atoms with E-state index in [4.69, 9.17) is 16.7 Å². The standard InChI is InChI=1S/C10H15ClN2O/c1-10(2,7-14)6-13-9-8(11)4-3-5-12-9/h3-5,14H,6-7H2,1-2H3,(H,12,13). The molecule has 1 aromatic heterocycles. The summed E-state index contributed by atoms with van der Waals surface area (Å²) in [6, 6.07) is 3.56. The highest BCUT2D eigenvalue weighted by Gasteiger charge is 2.16. The predicted octanol–water partition coefficient (Wildman–Crippen LogP) is 2.17. The molecule has 0 aliphatic carbocycles. The number of hydrogen-bond acceptors (Lipinski definition) is 3. The van der Waals surface area contributed by atoms with Crippen molar-refractivity contribution in [1.82, 2.24) is 4.98 Å². The van der Waals surface area contributed by atoms with Crippen molar-refractivity contribution in [2.75, 3.05) is 18.5 Å². The van der Waals surface area contributed by atoms with Crippen LogP contribution >= 0.6 is 11.6 Å². The molecule has 0 fully saturated rings. The predicted molar refractivity (Wildman–Crippen MR) is 58.6 cm³/mol. The number of pyridine rings is 1. The number of halogens is 1. The second kappa shape index (κ2) is 4.62. The van der Waals surface area contributed by atoms with E-state index in [0.717, 1.165) is 0 Å². The second-order valence-electron chi connectivity index (χ2n) is 4.01. The van der Waals surface area contributed by atoms with E-state index in [0.29, 0.717) is 17.4 Å². The lowest BCUT2D eigenvalue weighted by Gasteiger charge is -2.22. The summed E-state index contributed by atoms with van der Waals surface area (Å²) >= 11 is 5.91. The number of aliphatic hydroxyl groups is 1. The Morgan fingerprint density at radius 1 is 1.57 bits per heavy atom. The molecule has 0 aliphatic rings. The van der Waals surface area contributed by atoms with Crippen LogP contribution in [0.2, 0.25) is 5.02 Å². The first-order valence-electron chi connectivity index (χ1n) is 4.50. The molecule has 14 heavy (non-hydrogen) atoms. The van der Waals surface area contributed by atoms with Crippen molar-refractivity contribution < 1.29 is 5.11 Å². The first-order valence-corrected chi connectivity index (χ1v) is 4.88. The van der Waals surface area contributed by atoms with Gasteiger partial charge in [-0.2, -0.15) is 0 Å². The van der Waals surface area contributed by atoms with Crippen LogP contribution in [0.5, 0.6) is 0 Å². The Balaban J connectivity index is 2.58. The summed E-state index contributed by atoms with van der Waals surface area (Å²) in [6.07, 6.45) is 1.68. The summed E-state index contributed by atoms with van der Waals surface area (Å²) in [6.45, 7) is 4.71. The Bertz CT molecular complexity index is 302. The topological polar surface area (TPSA) is 45.1 Å². The molecule has 0 radical (unpaired) electrons. The minimum absolute atomic E-state index is 0.129. The number of nitrogens with zero attached hydrogens (tertiary/aromatic N) is 1. The van der Waals surface area contributed by atoms with E-state index in [1.54, 1.807) is 18.3 Å².